The first kappa shape index (κ1) is 17.0. The fraction of sp³-hybridized carbons (Fsp3) is 0.444. The number of carbonyl (C=O) groups is 1. The van der Waals surface area contributed by atoms with Crippen LogP contribution in [0.1, 0.15) is 32.3 Å². The van der Waals surface area contributed by atoms with Crippen LogP contribution in [-0.4, -0.2) is 39.2 Å². The lowest BCUT2D eigenvalue weighted by Gasteiger charge is -2.28. The lowest BCUT2D eigenvalue weighted by atomic mass is 10.1. The summed E-state index contributed by atoms with van der Waals surface area (Å²) in [4.78, 5) is 13.8. The predicted molar refractivity (Wildman–Crippen MR) is 95.3 cm³/mol. The molecule has 0 aliphatic carbocycles. The molecule has 0 radical (unpaired) electrons. The van der Waals surface area contributed by atoms with Crippen LogP contribution in [0.4, 0.5) is 0 Å². The Morgan fingerprint density at radius 2 is 2.21 bits per heavy atom. The van der Waals surface area contributed by atoms with Gasteiger partial charge in [0.05, 0.1) is 16.9 Å². The van der Waals surface area contributed by atoms with E-state index in [0.29, 0.717) is 17.5 Å². The van der Waals surface area contributed by atoms with Crippen molar-refractivity contribution >= 4 is 17.5 Å². The Bertz CT molecular complexity index is 713. The summed E-state index contributed by atoms with van der Waals surface area (Å²) < 4.78 is 1.81. The van der Waals surface area contributed by atoms with Crippen LogP contribution in [0.5, 0.6) is 0 Å². The molecule has 0 spiro atoms. The van der Waals surface area contributed by atoms with E-state index in [0.717, 1.165) is 30.8 Å². The Labute approximate surface area is 147 Å². The Hall–Kier alpha value is -1.85. The minimum Gasteiger partial charge on any atom is -0.352 e. The van der Waals surface area contributed by atoms with Gasteiger partial charge in [-0.15, -0.1) is 0 Å². The van der Waals surface area contributed by atoms with Gasteiger partial charge in [0.25, 0.3) is 0 Å². The third-order valence-electron chi connectivity index (χ3n) is 4.39. The standard InChI is InChI=1S/C18H23ClN4O/c1-13(2)22(12-15-7-8-18(24)21-15)10-14-9-20-23(11-14)17-6-4-3-5-16(17)19/h3-6,9,11,13,15H,7-8,10,12H2,1-2H3,(H,21,24). The van der Waals surface area contributed by atoms with Gasteiger partial charge in [0.15, 0.2) is 0 Å². The highest BCUT2D eigenvalue weighted by atomic mass is 35.5. The van der Waals surface area contributed by atoms with Crippen molar-refractivity contribution < 1.29 is 4.79 Å². The molecule has 1 aliphatic rings. The quantitative estimate of drug-likeness (QED) is 0.874. The number of hydrogen-bond donors (Lipinski definition) is 1. The molecule has 1 aliphatic heterocycles. The largest absolute Gasteiger partial charge is 0.352 e. The van der Waals surface area contributed by atoms with E-state index in [2.05, 4.69) is 29.2 Å². The van der Waals surface area contributed by atoms with Gasteiger partial charge in [0, 0.05) is 43.4 Å². The van der Waals surface area contributed by atoms with Crippen LogP contribution in [0.2, 0.25) is 5.02 Å². The minimum atomic E-state index is 0.162. The lowest BCUT2D eigenvalue weighted by molar-refractivity contribution is -0.119. The van der Waals surface area contributed by atoms with Gasteiger partial charge in [-0.05, 0) is 32.4 Å². The maximum atomic E-state index is 11.4. The molecule has 1 saturated heterocycles. The van der Waals surface area contributed by atoms with Gasteiger partial charge < -0.3 is 5.32 Å². The first-order valence-electron chi connectivity index (χ1n) is 8.35. The minimum absolute atomic E-state index is 0.162. The molecular weight excluding hydrogens is 324 g/mol. The molecule has 5 nitrogen and oxygen atoms in total. The van der Waals surface area contributed by atoms with Gasteiger partial charge in [0.2, 0.25) is 5.91 Å². The molecule has 2 aromatic rings. The van der Waals surface area contributed by atoms with E-state index in [4.69, 9.17) is 11.6 Å². The molecule has 1 aromatic carbocycles. The van der Waals surface area contributed by atoms with Crippen molar-refractivity contribution in [3.8, 4) is 5.69 Å². The number of para-hydroxylation sites is 1. The number of amides is 1. The van der Waals surface area contributed by atoms with Gasteiger partial charge in [-0.1, -0.05) is 23.7 Å². The summed E-state index contributed by atoms with van der Waals surface area (Å²) in [7, 11) is 0. The number of nitrogens with zero attached hydrogens (tertiary/aromatic N) is 3. The Morgan fingerprint density at radius 1 is 1.42 bits per heavy atom. The fourth-order valence-corrected chi connectivity index (χ4v) is 3.22. The Morgan fingerprint density at radius 3 is 2.88 bits per heavy atom. The summed E-state index contributed by atoms with van der Waals surface area (Å²) in [6, 6.07) is 8.32. The number of halogens is 1. The van der Waals surface area contributed by atoms with Crippen LogP contribution >= 0.6 is 11.6 Å². The van der Waals surface area contributed by atoms with E-state index < -0.39 is 0 Å². The van der Waals surface area contributed by atoms with Crippen LogP contribution in [0.3, 0.4) is 0 Å². The van der Waals surface area contributed by atoms with Crippen molar-refractivity contribution in [2.24, 2.45) is 0 Å². The molecular formula is C18H23ClN4O. The summed E-state index contributed by atoms with van der Waals surface area (Å²) in [5.41, 5.74) is 2.01. The fourth-order valence-electron chi connectivity index (χ4n) is 3.00. The first-order valence-corrected chi connectivity index (χ1v) is 8.72. The molecule has 1 N–H and O–H groups in total. The second-order valence-corrected chi connectivity index (χ2v) is 6.98. The first-order chi connectivity index (χ1) is 11.5. The number of carbonyl (C=O) groups excluding carboxylic acids is 1. The molecule has 1 amide bonds. The number of nitrogens with one attached hydrogen (secondary N) is 1. The molecule has 0 saturated carbocycles. The van der Waals surface area contributed by atoms with Crippen molar-refractivity contribution in [2.75, 3.05) is 6.54 Å². The van der Waals surface area contributed by atoms with Gasteiger partial charge in [-0.25, -0.2) is 4.68 Å². The highest BCUT2D eigenvalue weighted by Crippen LogP contribution is 2.20. The van der Waals surface area contributed by atoms with E-state index in [1.54, 1.807) is 0 Å². The Balaban J connectivity index is 1.69. The number of rotatable bonds is 6. The van der Waals surface area contributed by atoms with Crippen LogP contribution in [-0.2, 0) is 11.3 Å². The van der Waals surface area contributed by atoms with Crippen LogP contribution < -0.4 is 5.32 Å². The molecule has 0 bridgehead atoms. The van der Waals surface area contributed by atoms with Crippen molar-refractivity contribution in [2.45, 2.75) is 45.3 Å². The molecule has 1 fully saturated rings. The maximum absolute atomic E-state index is 11.4. The topological polar surface area (TPSA) is 50.2 Å². The van der Waals surface area contributed by atoms with E-state index in [-0.39, 0.29) is 11.9 Å². The normalized spacial score (nSPS) is 17.7. The van der Waals surface area contributed by atoms with Gasteiger partial charge >= 0.3 is 0 Å². The summed E-state index contributed by atoms with van der Waals surface area (Å²) in [6.07, 6.45) is 5.46. The molecule has 3 rings (SSSR count). The lowest BCUT2D eigenvalue weighted by Crippen LogP contribution is -2.41. The molecule has 128 valence electrons. The highest BCUT2D eigenvalue weighted by molar-refractivity contribution is 6.32. The third-order valence-corrected chi connectivity index (χ3v) is 4.71. The van der Waals surface area contributed by atoms with Gasteiger partial charge in [-0.2, -0.15) is 5.10 Å². The van der Waals surface area contributed by atoms with Crippen LogP contribution in [0.15, 0.2) is 36.7 Å². The van der Waals surface area contributed by atoms with E-state index in [9.17, 15) is 4.79 Å². The van der Waals surface area contributed by atoms with Crippen LogP contribution in [0, 0.1) is 0 Å². The molecule has 1 unspecified atom stereocenters. The van der Waals surface area contributed by atoms with Gasteiger partial charge in [0.1, 0.15) is 0 Å². The molecule has 6 heteroatoms. The van der Waals surface area contributed by atoms with E-state index in [1.165, 1.54) is 0 Å². The molecule has 1 aromatic heterocycles. The van der Waals surface area contributed by atoms with E-state index in [1.807, 2.05) is 41.3 Å². The smallest absolute Gasteiger partial charge is 0.220 e. The zero-order valence-corrected chi connectivity index (χ0v) is 14.8. The summed E-state index contributed by atoms with van der Waals surface area (Å²) in [5, 5.41) is 8.17. The van der Waals surface area contributed by atoms with Crippen molar-refractivity contribution in [3.05, 3.63) is 47.2 Å². The molecule has 2 heterocycles. The Kier molecular flexibility index (Phi) is 5.21. The summed E-state index contributed by atoms with van der Waals surface area (Å²) in [6.45, 7) is 6.01. The van der Waals surface area contributed by atoms with Crippen molar-refractivity contribution in [3.63, 3.8) is 0 Å². The van der Waals surface area contributed by atoms with Crippen molar-refractivity contribution in [1.29, 1.82) is 0 Å². The molecule has 1 atom stereocenters. The maximum Gasteiger partial charge on any atom is 0.220 e. The second-order valence-electron chi connectivity index (χ2n) is 6.57. The van der Waals surface area contributed by atoms with Crippen LogP contribution in [0.25, 0.3) is 5.69 Å². The number of hydrogen-bond acceptors (Lipinski definition) is 3. The number of benzene rings is 1. The average Bonchev–Trinajstić information content (AvgIpc) is 3.16. The third kappa shape index (κ3) is 3.97. The highest BCUT2D eigenvalue weighted by Gasteiger charge is 2.24. The zero-order chi connectivity index (χ0) is 17.1. The number of aromatic nitrogens is 2. The summed E-state index contributed by atoms with van der Waals surface area (Å²) in [5.74, 6) is 0.162. The summed E-state index contributed by atoms with van der Waals surface area (Å²) >= 11 is 6.24. The van der Waals surface area contributed by atoms with Gasteiger partial charge in [-0.3, -0.25) is 9.69 Å². The van der Waals surface area contributed by atoms with Crippen molar-refractivity contribution in [1.82, 2.24) is 20.0 Å². The predicted octanol–water partition coefficient (Wildman–Crippen LogP) is 3.01. The second kappa shape index (κ2) is 7.36. The monoisotopic (exact) mass is 346 g/mol. The zero-order valence-electron chi connectivity index (χ0n) is 14.1. The molecule has 24 heavy (non-hydrogen) atoms. The van der Waals surface area contributed by atoms with E-state index >= 15 is 0 Å². The SMILES string of the molecule is CC(C)N(Cc1cnn(-c2ccccc2Cl)c1)CC1CCC(=O)N1. The average molecular weight is 347 g/mol.